The van der Waals surface area contributed by atoms with Crippen molar-refractivity contribution in [1.82, 2.24) is 10.2 Å². The fourth-order valence-corrected chi connectivity index (χ4v) is 3.67. The van der Waals surface area contributed by atoms with Gasteiger partial charge in [-0.05, 0) is 49.9 Å². The standard InChI is InChI=1S/C18H23ClN2O3/c1-2-21(11-16(22)23)15-9-14(10-15)20-17(24)18(7-8-18)12-3-5-13(19)6-4-12/h3-6,14-15H,2,7-11H2,1H3,(H,20,24)(H,22,23). The van der Waals surface area contributed by atoms with Gasteiger partial charge in [-0.2, -0.15) is 0 Å². The van der Waals surface area contributed by atoms with Crippen molar-refractivity contribution in [2.24, 2.45) is 0 Å². The second kappa shape index (κ2) is 6.73. The minimum absolute atomic E-state index is 0.0660. The van der Waals surface area contributed by atoms with Gasteiger partial charge in [0.05, 0.1) is 12.0 Å². The summed E-state index contributed by atoms with van der Waals surface area (Å²) in [6, 6.07) is 7.93. The fourth-order valence-electron chi connectivity index (χ4n) is 3.54. The number of likely N-dealkylation sites (N-methyl/N-ethyl adjacent to an activating group) is 1. The van der Waals surface area contributed by atoms with Crippen LogP contribution in [0.5, 0.6) is 0 Å². The van der Waals surface area contributed by atoms with Crippen molar-refractivity contribution < 1.29 is 14.7 Å². The van der Waals surface area contributed by atoms with Crippen molar-refractivity contribution in [2.75, 3.05) is 13.1 Å². The van der Waals surface area contributed by atoms with Gasteiger partial charge in [0.15, 0.2) is 0 Å². The van der Waals surface area contributed by atoms with E-state index in [4.69, 9.17) is 16.7 Å². The molecule has 0 bridgehead atoms. The van der Waals surface area contributed by atoms with Crippen molar-refractivity contribution in [3.05, 3.63) is 34.9 Å². The molecular formula is C18H23ClN2O3. The Morgan fingerprint density at radius 3 is 2.42 bits per heavy atom. The quantitative estimate of drug-likeness (QED) is 0.792. The Morgan fingerprint density at radius 2 is 1.92 bits per heavy atom. The van der Waals surface area contributed by atoms with Crippen molar-refractivity contribution in [3.63, 3.8) is 0 Å². The van der Waals surface area contributed by atoms with E-state index in [1.54, 1.807) is 0 Å². The van der Waals surface area contributed by atoms with Gasteiger partial charge in [-0.1, -0.05) is 30.7 Å². The Labute approximate surface area is 147 Å². The van der Waals surface area contributed by atoms with E-state index in [2.05, 4.69) is 5.32 Å². The number of carbonyl (C=O) groups excluding carboxylic acids is 1. The van der Waals surface area contributed by atoms with Gasteiger partial charge in [0.25, 0.3) is 0 Å². The lowest BCUT2D eigenvalue weighted by molar-refractivity contribution is -0.140. The molecule has 1 aromatic rings. The summed E-state index contributed by atoms with van der Waals surface area (Å²) >= 11 is 5.93. The molecule has 130 valence electrons. The first-order valence-corrected chi connectivity index (χ1v) is 8.85. The third-order valence-electron chi connectivity index (χ3n) is 5.29. The summed E-state index contributed by atoms with van der Waals surface area (Å²) in [5.74, 6) is -0.710. The van der Waals surface area contributed by atoms with Gasteiger partial charge in [0.1, 0.15) is 0 Å². The number of carbonyl (C=O) groups is 2. The predicted octanol–water partition coefficient (Wildman–Crippen LogP) is 2.43. The molecule has 6 heteroatoms. The number of nitrogens with one attached hydrogen (secondary N) is 1. The number of amides is 1. The Bertz CT molecular complexity index is 622. The third-order valence-corrected chi connectivity index (χ3v) is 5.54. The smallest absolute Gasteiger partial charge is 0.317 e. The van der Waals surface area contributed by atoms with Crippen LogP contribution in [-0.4, -0.2) is 47.1 Å². The fraction of sp³-hybridized carbons (Fsp3) is 0.556. The first-order chi connectivity index (χ1) is 11.4. The van der Waals surface area contributed by atoms with E-state index in [-0.39, 0.29) is 30.0 Å². The minimum Gasteiger partial charge on any atom is -0.480 e. The van der Waals surface area contributed by atoms with E-state index in [0.717, 1.165) is 31.2 Å². The Kier molecular flexibility index (Phi) is 4.83. The number of halogens is 1. The van der Waals surface area contributed by atoms with Crippen LogP contribution in [0.25, 0.3) is 0 Å². The first kappa shape index (κ1) is 17.2. The lowest BCUT2D eigenvalue weighted by Gasteiger charge is -2.42. The van der Waals surface area contributed by atoms with Gasteiger partial charge < -0.3 is 10.4 Å². The van der Waals surface area contributed by atoms with E-state index < -0.39 is 5.97 Å². The summed E-state index contributed by atoms with van der Waals surface area (Å²) in [6.45, 7) is 2.75. The number of benzene rings is 1. The van der Waals surface area contributed by atoms with Crippen molar-refractivity contribution in [1.29, 1.82) is 0 Å². The molecule has 2 N–H and O–H groups in total. The maximum absolute atomic E-state index is 12.7. The molecule has 0 aliphatic heterocycles. The average molecular weight is 351 g/mol. The van der Waals surface area contributed by atoms with Gasteiger partial charge in [0, 0.05) is 17.1 Å². The van der Waals surface area contributed by atoms with Crippen LogP contribution in [0.2, 0.25) is 5.02 Å². The molecule has 0 unspecified atom stereocenters. The lowest BCUT2D eigenvalue weighted by atomic mass is 9.84. The zero-order valence-electron chi connectivity index (χ0n) is 13.8. The summed E-state index contributed by atoms with van der Waals surface area (Å²) in [6.07, 6.45) is 3.39. The van der Waals surface area contributed by atoms with Crippen LogP contribution in [0, 0.1) is 0 Å². The van der Waals surface area contributed by atoms with E-state index in [1.165, 1.54) is 0 Å². The summed E-state index contributed by atoms with van der Waals surface area (Å²) in [7, 11) is 0. The summed E-state index contributed by atoms with van der Waals surface area (Å²) < 4.78 is 0. The zero-order valence-corrected chi connectivity index (χ0v) is 14.6. The Hall–Kier alpha value is -1.59. The lowest BCUT2D eigenvalue weighted by Crippen LogP contribution is -2.56. The zero-order chi connectivity index (χ0) is 17.3. The van der Waals surface area contributed by atoms with Crippen LogP contribution in [0.4, 0.5) is 0 Å². The van der Waals surface area contributed by atoms with Gasteiger partial charge >= 0.3 is 5.97 Å². The Balaban J connectivity index is 1.54. The summed E-state index contributed by atoms with van der Waals surface area (Å²) in [4.78, 5) is 25.5. The number of aliphatic carboxylic acids is 1. The van der Waals surface area contributed by atoms with Crippen LogP contribution < -0.4 is 5.32 Å². The number of hydrogen-bond acceptors (Lipinski definition) is 3. The number of hydrogen-bond donors (Lipinski definition) is 2. The summed E-state index contributed by atoms with van der Waals surface area (Å²) in [5.41, 5.74) is 0.641. The SMILES string of the molecule is CCN(CC(=O)O)C1CC(NC(=O)C2(c3ccc(Cl)cc3)CC2)C1. The number of carboxylic acid groups (broad SMARTS) is 1. The highest BCUT2D eigenvalue weighted by Gasteiger charge is 2.52. The first-order valence-electron chi connectivity index (χ1n) is 8.47. The third kappa shape index (κ3) is 3.42. The molecule has 0 radical (unpaired) electrons. The molecule has 3 rings (SSSR count). The molecule has 0 spiro atoms. The maximum atomic E-state index is 12.7. The minimum atomic E-state index is -0.802. The molecule has 0 atom stereocenters. The van der Waals surface area contributed by atoms with Gasteiger partial charge in [-0.3, -0.25) is 14.5 Å². The molecule has 0 heterocycles. The number of carboxylic acids is 1. The molecule has 0 saturated heterocycles. The molecule has 1 amide bonds. The van der Waals surface area contributed by atoms with Crippen LogP contribution in [0.3, 0.4) is 0 Å². The van der Waals surface area contributed by atoms with Crippen LogP contribution in [0.1, 0.15) is 38.2 Å². The van der Waals surface area contributed by atoms with Crippen molar-refractivity contribution in [2.45, 2.75) is 50.1 Å². The van der Waals surface area contributed by atoms with Gasteiger partial charge in [0.2, 0.25) is 5.91 Å². The molecule has 24 heavy (non-hydrogen) atoms. The van der Waals surface area contributed by atoms with Gasteiger partial charge in [-0.15, -0.1) is 0 Å². The monoisotopic (exact) mass is 350 g/mol. The molecule has 5 nitrogen and oxygen atoms in total. The Morgan fingerprint density at radius 1 is 1.29 bits per heavy atom. The average Bonchev–Trinajstić information content (AvgIpc) is 3.30. The molecule has 2 aliphatic carbocycles. The van der Waals surface area contributed by atoms with Gasteiger partial charge in [-0.25, -0.2) is 0 Å². The predicted molar refractivity (Wildman–Crippen MR) is 92.2 cm³/mol. The maximum Gasteiger partial charge on any atom is 0.317 e. The van der Waals surface area contributed by atoms with Crippen LogP contribution in [-0.2, 0) is 15.0 Å². The van der Waals surface area contributed by atoms with E-state index in [0.29, 0.717) is 11.6 Å². The van der Waals surface area contributed by atoms with Crippen molar-refractivity contribution in [3.8, 4) is 0 Å². The highest BCUT2D eigenvalue weighted by Crippen LogP contribution is 2.49. The molecule has 2 saturated carbocycles. The molecular weight excluding hydrogens is 328 g/mol. The van der Waals surface area contributed by atoms with E-state index >= 15 is 0 Å². The van der Waals surface area contributed by atoms with Crippen molar-refractivity contribution >= 4 is 23.5 Å². The summed E-state index contributed by atoms with van der Waals surface area (Å²) in [5, 5.41) is 12.8. The number of rotatable bonds is 7. The second-order valence-corrected chi connectivity index (χ2v) is 7.28. The highest BCUT2D eigenvalue weighted by molar-refractivity contribution is 6.30. The van der Waals surface area contributed by atoms with Crippen LogP contribution in [0.15, 0.2) is 24.3 Å². The highest BCUT2D eigenvalue weighted by atomic mass is 35.5. The van der Waals surface area contributed by atoms with E-state index in [9.17, 15) is 9.59 Å². The molecule has 2 fully saturated rings. The topological polar surface area (TPSA) is 69.6 Å². The second-order valence-electron chi connectivity index (χ2n) is 6.84. The normalized spacial score (nSPS) is 24.3. The number of nitrogens with zero attached hydrogens (tertiary/aromatic N) is 1. The molecule has 0 aromatic heterocycles. The molecule has 1 aromatic carbocycles. The largest absolute Gasteiger partial charge is 0.480 e. The van der Waals surface area contributed by atoms with E-state index in [1.807, 2.05) is 36.1 Å². The van der Waals surface area contributed by atoms with Crippen LogP contribution >= 0.6 is 11.6 Å². The molecule has 2 aliphatic rings.